The summed E-state index contributed by atoms with van der Waals surface area (Å²) in [6.45, 7) is 2.16. The lowest BCUT2D eigenvalue weighted by atomic mass is 9.99. The first-order valence-electron chi connectivity index (χ1n) is 5.49. The van der Waals surface area contributed by atoms with E-state index in [-0.39, 0.29) is 11.9 Å². The van der Waals surface area contributed by atoms with E-state index in [1.165, 1.54) is 19.6 Å². The van der Waals surface area contributed by atoms with Crippen molar-refractivity contribution in [2.24, 2.45) is 0 Å². The molecule has 1 saturated heterocycles. The number of hydrogen-bond donors (Lipinski definition) is 1. The summed E-state index contributed by atoms with van der Waals surface area (Å²) in [5.74, 6) is 0.313. The van der Waals surface area contributed by atoms with Crippen LogP contribution in [0.2, 0.25) is 0 Å². The van der Waals surface area contributed by atoms with E-state index in [9.17, 15) is 9.59 Å². The minimum Gasteiger partial charge on any atom is -0.469 e. The maximum absolute atomic E-state index is 10.9. The molecule has 1 fully saturated rings. The Hall–Kier alpha value is -1.84. The fourth-order valence-electron chi connectivity index (χ4n) is 1.57. The molecule has 1 aromatic rings. The summed E-state index contributed by atoms with van der Waals surface area (Å²) in [5.41, 5.74) is 1.26. The van der Waals surface area contributed by atoms with Crippen LogP contribution in [0.4, 0.5) is 0 Å². The number of amides is 1. The van der Waals surface area contributed by atoms with E-state index in [0.717, 1.165) is 6.54 Å². The largest absolute Gasteiger partial charge is 0.469 e. The summed E-state index contributed by atoms with van der Waals surface area (Å²) in [6.07, 6.45) is 0.643. The number of ether oxygens (including phenoxy) is 1. The SMILES string of the molecule is COC(C)=O.O=C1CC(c2ccccc2)CN1. The second-order valence-corrected chi connectivity index (χ2v) is 3.81. The summed E-state index contributed by atoms with van der Waals surface area (Å²) >= 11 is 0. The molecule has 0 bridgehead atoms. The Morgan fingerprint density at radius 1 is 1.35 bits per heavy atom. The highest BCUT2D eigenvalue weighted by Crippen LogP contribution is 2.21. The Kier molecular flexibility index (Phi) is 5.20. The third-order valence-corrected chi connectivity index (χ3v) is 2.54. The smallest absolute Gasteiger partial charge is 0.302 e. The average Bonchev–Trinajstić information content (AvgIpc) is 2.78. The number of carbonyl (C=O) groups is 2. The Labute approximate surface area is 101 Å². The lowest BCUT2D eigenvalue weighted by molar-refractivity contribution is -0.137. The van der Waals surface area contributed by atoms with Gasteiger partial charge >= 0.3 is 5.97 Å². The molecular formula is C13H17NO3. The number of methoxy groups -OCH3 is 1. The molecular weight excluding hydrogens is 218 g/mol. The van der Waals surface area contributed by atoms with Crippen molar-refractivity contribution in [3.05, 3.63) is 35.9 Å². The van der Waals surface area contributed by atoms with Gasteiger partial charge in [0.05, 0.1) is 7.11 Å². The van der Waals surface area contributed by atoms with Crippen LogP contribution in [0.5, 0.6) is 0 Å². The predicted molar refractivity (Wildman–Crippen MR) is 64.5 cm³/mol. The zero-order valence-corrected chi connectivity index (χ0v) is 10.1. The van der Waals surface area contributed by atoms with Crippen LogP contribution >= 0.6 is 0 Å². The standard InChI is InChI=1S/C10H11NO.C3H6O2/c12-10-6-9(7-11-10)8-4-2-1-3-5-8;1-3(4)5-2/h1-5,9H,6-7H2,(H,11,12);1-2H3. The minimum atomic E-state index is -0.245. The molecule has 1 aromatic carbocycles. The van der Waals surface area contributed by atoms with Crippen LogP contribution in [-0.4, -0.2) is 25.5 Å². The van der Waals surface area contributed by atoms with E-state index in [1.807, 2.05) is 18.2 Å². The lowest BCUT2D eigenvalue weighted by Crippen LogP contribution is -2.13. The van der Waals surface area contributed by atoms with Crippen molar-refractivity contribution < 1.29 is 14.3 Å². The average molecular weight is 235 g/mol. The normalized spacial score (nSPS) is 17.8. The van der Waals surface area contributed by atoms with Gasteiger partial charge in [-0.1, -0.05) is 30.3 Å². The third kappa shape index (κ3) is 4.68. The highest BCUT2D eigenvalue weighted by Gasteiger charge is 2.22. The van der Waals surface area contributed by atoms with Gasteiger partial charge in [-0.05, 0) is 5.56 Å². The van der Waals surface area contributed by atoms with Gasteiger partial charge in [-0.2, -0.15) is 0 Å². The van der Waals surface area contributed by atoms with E-state index >= 15 is 0 Å². The van der Waals surface area contributed by atoms with E-state index in [0.29, 0.717) is 12.3 Å². The lowest BCUT2D eigenvalue weighted by Gasteiger charge is -2.05. The van der Waals surface area contributed by atoms with Gasteiger partial charge in [0.25, 0.3) is 0 Å². The highest BCUT2D eigenvalue weighted by atomic mass is 16.5. The molecule has 2 rings (SSSR count). The molecule has 0 radical (unpaired) electrons. The van der Waals surface area contributed by atoms with Gasteiger partial charge in [-0.25, -0.2) is 0 Å². The van der Waals surface area contributed by atoms with E-state index in [1.54, 1.807) is 0 Å². The topological polar surface area (TPSA) is 55.4 Å². The van der Waals surface area contributed by atoms with Gasteiger partial charge in [0.1, 0.15) is 0 Å². The fourth-order valence-corrected chi connectivity index (χ4v) is 1.57. The Morgan fingerprint density at radius 2 is 1.94 bits per heavy atom. The van der Waals surface area contributed by atoms with Crippen LogP contribution in [0.1, 0.15) is 24.8 Å². The van der Waals surface area contributed by atoms with Crippen LogP contribution in [0.3, 0.4) is 0 Å². The van der Waals surface area contributed by atoms with Crippen molar-refractivity contribution in [3.63, 3.8) is 0 Å². The van der Waals surface area contributed by atoms with Gasteiger partial charge < -0.3 is 10.1 Å². The fraction of sp³-hybridized carbons (Fsp3) is 0.385. The number of benzene rings is 1. The number of esters is 1. The molecule has 4 heteroatoms. The summed E-state index contributed by atoms with van der Waals surface area (Å²) in [5, 5.41) is 2.83. The van der Waals surface area contributed by atoms with Gasteiger partial charge in [-0.15, -0.1) is 0 Å². The van der Waals surface area contributed by atoms with Gasteiger partial charge in [0.15, 0.2) is 0 Å². The zero-order chi connectivity index (χ0) is 12.7. The number of carbonyl (C=O) groups excluding carboxylic acids is 2. The molecule has 4 nitrogen and oxygen atoms in total. The Bertz CT molecular complexity index is 376. The maximum atomic E-state index is 10.9. The van der Waals surface area contributed by atoms with Crippen LogP contribution in [0.15, 0.2) is 30.3 Å². The van der Waals surface area contributed by atoms with Crippen LogP contribution in [-0.2, 0) is 14.3 Å². The molecule has 0 aromatic heterocycles. The minimum absolute atomic E-state index is 0.170. The monoisotopic (exact) mass is 235 g/mol. The maximum Gasteiger partial charge on any atom is 0.302 e. The molecule has 0 saturated carbocycles. The zero-order valence-electron chi connectivity index (χ0n) is 10.1. The molecule has 92 valence electrons. The van der Waals surface area contributed by atoms with Crippen LogP contribution in [0.25, 0.3) is 0 Å². The molecule has 0 spiro atoms. The number of nitrogens with one attached hydrogen (secondary N) is 1. The van der Waals surface area contributed by atoms with Crippen molar-refractivity contribution >= 4 is 11.9 Å². The number of hydrogen-bond acceptors (Lipinski definition) is 3. The van der Waals surface area contributed by atoms with E-state index < -0.39 is 0 Å². The highest BCUT2D eigenvalue weighted by molar-refractivity contribution is 5.79. The van der Waals surface area contributed by atoms with Crippen LogP contribution in [0, 0.1) is 0 Å². The molecule has 1 N–H and O–H groups in total. The second-order valence-electron chi connectivity index (χ2n) is 3.81. The van der Waals surface area contributed by atoms with Gasteiger partial charge in [0.2, 0.25) is 5.91 Å². The quantitative estimate of drug-likeness (QED) is 0.750. The van der Waals surface area contributed by atoms with Crippen molar-refractivity contribution in [1.82, 2.24) is 5.32 Å². The summed E-state index contributed by atoms with van der Waals surface area (Å²) in [4.78, 5) is 20.5. The molecule has 1 aliphatic rings. The Morgan fingerprint density at radius 3 is 2.35 bits per heavy atom. The van der Waals surface area contributed by atoms with Gasteiger partial charge in [-0.3, -0.25) is 9.59 Å². The second kappa shape index (κ2) is 6.68. The van der Waals surface area contributed by atoms with Crippen molar-refractivity contribution in [2.45, 2.75) is 19.3 Å². The predicted octanol–water partition coefficient (Wildman–Crippen LogP) is 1.47. The molecule has 1 amide bonds. The Balaban J connectivity index is 0.000000249. The molecule has 1 unspecified atom stereocenters. The summed E-state index contributed by atoms with van der Waals surface area (Å²) in [6, 6.07) is 10.2. The first kappa shape index (κ1) is 13.2. The molecule has 0 aliphatic carbocycles. The summed E-state index contributed by atoms with van der Waals surface area (Å²) in [7, 11) is 1.35. The van der Waals surface area contributed by atoms with Crippen LogP contribution < -0.4 is 5.32 Å². The molecule has 17 heavy (non-hydrogen) atoms. The molecule has 1 aliphatic heterocycles. The molecule has 1 heterocycles. The first-order chi connectivity index (χ1) is 8.13. The summed E-state index contributed by atoms with van der Waals surface area (Å²) < 4.78 is 4.11. The first-order valence-corrected chi connectivity index (χ1v) is 5.49. The number of rotatable bonds is 1. The van der Waals surface area contributed by atoms with E-state index in [2.05, 4.69) is 22.2 Å². The van der Waals surface area contributed by atoms with Crippen molar-refractivity contribution in [3.8, 4) is 0 Å². The van der Waals surface area contributed by atoms with E-state index in [4.69, 9.17) is 0 Å². The molecule has 1 atom stereocenters. The van der Waals surface area contributed by atoms with Gasteiger partial charge in [0, 0.05) is 25.8 Å². The third-order valence-electron chi connectivity index (χ3n) is 2.54. The van der Waals surface area contributed by atoms with Crippen molar-refractivity contribution in [1.29, 1.82) is 0 Å². The van der Waals surface area contributed by atoms with Crippen molar-refractivity contribution in [2.75, 3.05) is 13.7 Å².